The van der Waals surface area contributed by atoms with Crippen molar-refractivity contribution in [2.75, 3.05) is 42.8 Å². The monoisotopic (exact) mass is 348 g/mol. The highest BCUT2D eigenvalue weighted by molar-refractivity contribution is 5.63. The van der Waals surface area contributed by atoms with Crippen LogP contribution >= 0.6 is 0 Å². The molecule has 8 nitrogen and oxygen atoms in total. The molecule has 0 saturated carbocycles. The highest BCUT2D eigenvalue weighted by atomic mass is 16.5. The summed E-state index contributed by atoms with van der Waals surface area (Å²) in [6.45, 7) is -0.355. The van der Waals surface area contributed by atoms with E-state index in [-0.39, 0.29) is 13.2 Å². The molecule has 9 N–H and O–H groups in total. The first-order valence-electron chi connectivity index (χ1n) is 7.71. The largest absolute Gasteiger partial charge is 0.495 e. The van der Waals surface area contributed by atoms with Crippen LogP contribution in [0.1, 0.15) is 0 Å². The van der Waals surface area contributed by atoms with Crippen molar-refractivity contribution < 1.29 is 19.7 Å². The Morgan fingerprint density at radius 3 is 2.32 bits per heavy atom. The first-order valence-corrected chi connectivity index (χ1v) is 7.71. The van der Waals surface area contributed by atoms with Crippen LogP contribution < -0.4 is 32.0 Å². The number of benzene rings is 2. The van der Waals surface area contributed by atoms with E-state index in [2.05, 4.69) is 5.32 Å². The maximum Gasteiger partial charge on any atom is 0.142 e. The second-order valence-electron chi connectivity index (χ2n) is 5.57. The standard InChI is InChI=1S/C17H24N4O4/c1-24-16-5-3-11(7-13(16)20)21-14(8-22)15(23)9-25-17-4-2-10(18)6-12(17)19/h2-7,14-15,21-23H,8-9,18-20H2,1H3. The van der Waals surface area contributed by atoms with Crippen LogP contribution in [0.3, 0.4) is 0 Å². The highest BCUT2D eigenvalue weighted by Crippen LogP contribution is 2.26. The van der Waals surface area contributed by atoms with E-state index < -0.39 is 12.1 Å². The van der Waals surface area contributed by atoms with E-state index in [1.165, 1.54) is 7.11 Å². The molecule has 136 valence electrons. The van der Waals surface area contributed by atoms with E-state index in [9.17, 15) is 10.2 Å². The normalized spacial score (nSPS) is 13.1. The average Bonchev–Trinajstić information content (AvgIpc) is 2.58. The maximum atomic E-state index is 10.3. The third kappa shape index (κ3) is 4.82. The first kappa shape index (κ1) is 18.5. The lowest BCUT2D eigenvalue weighted by Crippen LogP contribution is -2.40. The molecule has 0 aliphatic rings. The van der Waals surface area contributed by atoms with E-state index in [1.807, 2.05) is 0 Å². The average molecular weight is 348 g/mol. The van der Waals surface area contributed by atoms with Gasteiger partial charge in [0, 0.05) is 11.4 Å². The summed E-state index contributed by atoms with van der Waals surface area (Å²) in [4.78, 5) is 0. The van der Waals surface area contributed by atoms with Crippen molar-refractivity contribution >= 4 is 22.7 Å². The number of ether oxygens (including phenoxy) is 2. The molecule has 0 fully saturated rings. The second kappa shape index (κ2) is 8.32. The van der Waals surface area contributed by atoms with Crippen LogP contribution in [0.2, 0.25) is 0 Å². The zero-order valence-electron chi connectivity index (χ0n) is 14.0. The van der Waals surface area contributed by atoms with Gasteiger partial charge >= 0.3 is 0 Å². The number of nitrogens with two attached hydrogens (primary N) is 3. The zero-order chi connectivity index (χ0) is 18.4. The van der Waals surface area contributed by atoms with E-state index >= 15 is 0 Å². The number of nitrogens with one attached hydrogen (secondary N) is 1. The summed E-state index contributed by atoms with van der Waals surface area (Å²) in [7, 11) is 1.53. The second-order valence-corrected chi connectivity index (χ2v) is 5.57. The first-order chi connectivity index (χ1) is 11.9. The minimum atomic E-state index is -0.981. The minimum absolute atomic E-state index is 0.0576. The van der Waals surface area contributed by atoms with Gasteiger partial charge < -0.3 is 42.2 Å². The molecule has 0 amide bonds. The highest BCUT2D eigenvalue weighted by Gasteiger charge is 2.20. The van der Waals surface area contributed by atoms with Crippen molar-refractivity contribution in [1.82, 2.24) is 0 Å². The van der Waals surface area contributed by atoms with Crippen LogP contribution in [0.4, 0.5) is 22.7 Å². The van der Waals surface area contributed by atoms with Crippen molar-refractivity contribution in [3.05, 3.63) is 36.4 Å². The number of anilines is 4. The molecule has 2 aromatic rings. The number of aliphatic hydroxyl groups excluding tert-OH is 2. The Balaban J connectivity index is 1.98. The van der Waals surface area contributed by atoms with Crippen molar-refractivity contribution in [2.24, 2.45) is 0 Å². The van der Waals surface area contributed by atoms with Crippen molar-refractivity contribution in [1.29, 1.82) is 0 Å². The van der Waals surface area contributed by atoms with Crippen molar-refractivity contribution in [3.63, 3.8) is 0 Å². The Labute approximate surface area is 146 Å². The molecule has 0 bridgehead atoms. The summed E-state index contributed by atoms with van der Waals surface area (Å²) < 4.78 is 10.6. The summed E-state index contributed by atoms with van der Waals surface area (Å²) >= 11 is 0. The summed E-state index contributed by atoms with van der Waals surface area (Å²) in [5, 5.41) is 22.8. The zero-order valence-corrected chi connectivity index (χ0v) is 14.0. The molecular weight excluding hydrogens is 324 g/mol. The van der Waals surface area contributed by atoms with Crippen LogP contribution in [0, 0.1) is 0 Å². The van der Waals surface area contributed by atoms with E-state index in [1.54, 1.807) is 36.4 Å². The Kier molecular flexibility index (Phi) is 6.15. The van der Waals surface area contributed by atoms with Gasteiger partial charge in [0.05, 0.1) is 31.1 Å². The van der Waals surface area contributed by atoms with E-state index in [0.717, 1.165) is 0 Å². The topological polar surface area (TPSA) is 149 Å². The number of hydrogen-bond acceptors (Lipinski definition) is 8. The quantitative estimate of drug-likeness (QED) is 0.381. The summed E-state index contributed by atoms with van der Waals surface area (Å²) in [5.74, 6) is 0.965. The third-order valence-electron chi connectivity index (χ3n) is 3.69. The molecule has 0 saturated heterocycles. The third-order valence-corrected chi connectivity index (χ3v) is 3.69. The molecule has 2 atom stereocenters. The van der Waals surface area contributed by atoms with E-state index in [0.29, 0.717) is 34.2 Å². The van der Waals surface area contributed by atoms with Gasteiger partial charge in [-0.3, -0.25) is 0 Å². The molecule has 2 rings (SSSR count). The van der Waals surface area contributed by atoms with Crippen molar-refractivity contribution in [3.8, 4) is 11.5 Å². The van der Waals surface area contributed by atoms with E-state index in [4.69, 9.17) is 26.7 Å². The molecule has 0 aliphatic carbocycles. The molecule has 0 spiro atoms. The SMILES string of the molecule is COc1ccc(NC(CO)C(O)COc2ccc(N)cc2N)cc1N. The summed E-state index contributed by atoms with van der Waals surface area (Å²) in [6.07, 6.45) is -0.981. The molecule has 0 heterocycles. The molecule has 0 radical (unpaired) electrons. The van der Waals surface area contributed by atoms with Gasteiger partial charge in [0.15, 0.2) is 0 Å². The maximum absolute atomic E-state index is 10.3. The molecule has 8 heteroatoms. The lowest BCUT2D eigenvalue weighted by atomic mass is 10.1. The summed E-state index contributed by atoms with van der Waals surface area (Å²) in [6, 6.07) is 9.30. The fourth-order valence-electron chi connectivity index (χ4n) is 2.29. The molecule has 25 heavy (non-hydrogen) atoms. The predicted molar refractivity (Wildman–Crippen MR) is 98.7 cm³/mol. The van der Waals surface area contributed by atoms with Crippen LogP contribution in [-0.2, 0) is 0 Å². The van der Waals surface area contributed by atoms with Crippen LogP contribution in [0.5, 0.6) is 11.5 Å². The van der Waals surface area contributed by atoms with Gasteiger partial charge in [0.2, 0.25) is 0 Å². The number of nitrogen functional groups attached to an aromatic ring is 3. The molecule has 2 unspecified atom stereocenters. The number of methoxy groups -OCH3 is 1. The van der Waals surface area contributed by atoms with Gasteiger partial charge in [-0.15, -0.1) is 0 Å². The predicted octanol–water partition coefficient (Wildman–Crippen LogP) is 0.654. The van der Waals surface area contributed by atoms with Crippen LogP contribution in [-0.4, -0.2) is 42.7 Å². The van der Waals surface area contributed by atoms with Gasteiger partial charge in [0.25, 0.3) is 0 Å². The van der Waals surface area contributed by atoms with Gasteiger partial charge in [0.1, 0.15) is 24.2 Å². The Morgan fingerprint density at radius 1 is 1.04 bits per heavy atom. The fourth-order valence-corrected chi connectivity index (χ4v) is 2.29. The lowest BCUT2D eigenvalue weighted by molar-refractivity contribution is 0.0710. The van der Waals surface area contributed by atoms with Crippen molar-refractivity contribution in [2.45, 2.75) is 12.1 Å². The van der Waals surface area contributed by atoms with Crippen LogP contribution in [0.25, 0.3) is 0 Å². The van der Waals surface area contributed by atoms with Gasteiger partial charge in [-0.2, -0.15) is 0 Å². The molecule has 2 aromatic carbocycles. The number of rotatable bonds is 8. The lowest BCUT2D eigenvalue weighted by Gasteiger charge is -2.24. The number of hydrogen-bond donors (Lipinski definition) is 6. The summed E-state index contributed by atoms with van der Waals surface area (Å²) in [5.41, 5.74) is 19.3. The van der Waals surface area contributed by atoms with Crippen LogP contribution in [0.15, 0.2) is 36.4 Å². The van der Waals surface area contributed by atoms with Gasteiger partial charge in [-0.05, 0) is 36.4 Å². The Hall–Kier alpha value is -2.84. The minimum Gasteiger partial charge on any atom is -0.495 e. The number of aliphatic hydroxyl groups is 2. The molecule has 0 aliphatic heterocycles. The molecule has 0 aromatic heterocycles. The fraction of sp³-hybridized carbons (Fsp3) is 0.294. The smallest absolute Gasteiger partial charge is 0.142 e. The Morgan fingerprint density at radius 2 is 1.72 bits per heavy atom. The Bertz CT molecular complexity index is 711. The molecular formula is C17H24N4O4. The van der Waals surface area contributed by atoms with Gasteiger partial charge in [-0.1, -0.05) is 0 Å². The van der Waals surface area contributed by atoms with Gasteiger partial charge in [-0.25, -0.2) is 0 Å².